The highest BCUT2D eigenvalue weighted by Gasteiger charge is 2.14. The van der Waals surface area contributed by atoms with Gasteiger partial charge in [0, 0.05) is 12.1 Å². The standard InChI is InChI=1S/C12H15NO3/c1-4-13-11(14)9-5-7(2)10(12(15)16)8(3)6-9/h5-6H,4H2,1-3H3,(H,13,14)(H,15,16). The van der Waals surface area contributed by atoms with Gasteiger partial charge in [0.25, 0.3) is 5.91 Å². The number of hydrogen-bond acceptors (Lipinski definition) is 2. The SMILES string of the molecule is CCNC(=O)c1cc(C)c(C(=O)O)c(C)c1. The molecule has 0 aromatic heterocycles. The van der Waals surface area contributed by atoms with Crippen LogP contribution in [0.2, 0.25) is 0 Å². The van der Waals surface area contributed by atoms with Crippen LogP contribution in [0.3, 0.4) is 0 Å². The molecular weight excluding hydrogens is 206 g/mol. The summed E-state index contributed by atoms with van der Waals surface area (Å²) >= 11 is 0. The molecule has 0 saturated carbocycles. The molecular formula is C12H15NO3. The number of aromatic carboxylic acids is 1. The fourth-order valence-electron chi connectivity index (χ4n) is 1.69. The number of benzene rings is 1. The maximum absolute atomic E-state index is 11.6. The van der Waals surface area contributed by atoms with E-state index in [-0.39, 0.29) is 11.5 Å². The predicted molar refractivity (Wildman–Crippen MR) is 60.9 cm³/mol. The van der Waals surface area contributed by atoms with Gasteiger partial charge in [0.1, 0.15) is 0 Å². The molecule has 1 amide bonds. The van der Waals surface area contributed by atoms with Gasteiger partial charge in [0.15, 0.2) is 0 Å². The molecule has 0 bridgehead atoms. The Morgan fingerprint density at radius 1 is 1.25 bits per heavy atom. The van der Waals surface area contributed by atoms with E-state index in [9.17, 15) is 9.59 Å². The number of carbonyl (C=O) groups excluding carboxylic acids is 1. The van der Waals surface area contributed by atoms with Crippen LogP contribution in [0, 0.1) is 13.8 Å². The lowest BCUT2D eigenvalue weighted by Crippen LogP contribution is -2.23. The van der Waals surface area contributed by atoms with Gasteiger partial charge >= 0.3 is 5.97 Å². The maximum Gasteiger partial charge on any atom is 0.336 e. The average Bonchev–Trinajstić information content (AvgIpc) is 2.16. The topological polar surface area (TPSA) is 66.4 Å². The molecule has 1 aromatic rings. The number of rotatable bonds is 3. The number of carboxylic acid groups (broad SMARTS) is 1. The zero-order chi connectivity index (χ0) is 12.3. The van der Waals surface area contributed by atoms with Crippen molar-refractivity contribution in [1.29, 1.82) is 0 Å². The molecule has 0 aliphatic carbocycles. The first kappa shape index (κ1) is 12.2. The third-order valence-electron chi connectivity index (χ3n) is 2.35. The van der Waals surface area contributed by atoms with Crippen molar-refractivity contribution in [2.75, 3.05) is 6.54 Å². The largest absolute Gasteiger partial charge is 0.478 e. The second-order valence-electron chi connectivity index (χ2n) is 3.65. The Balaban J connectivity index is 3.19. The minimum absolute atomic E-state index is 0.175. The highest BCUT2D eigenvalue weighted by Crippen LogP contribution is 2.16. The number of carbonyl (C=O) groups is 2. The molecule has 0 spiro atoms. The number of aryl methyl sites for hydroxylation is 2. The van der Waals surface area contributed by atoms with Crippen molar-refractivity contribution in [3.63, 3.8) is 0 Å². The van der Waals surface area contributed by atoms with E-state index < -0.39 is 5.97 Å². The van der Waals surface area contributed by atoms with E-state index in [1.165, 1.54) is 0 Å². The molecule has 16 heavy (non-hydrogen) atoms. The van der Waals surface area contributed by atoms with Crippen molar-refractivity contribution >= 4 is 11.9 Å². The predicted octanol–water partition coefficient (Wildman–Crippen LogP) is 1.75. The summed E-state index contributed by atoms with van der Waals surface area (Å²) in [4.78, 5) is 22.5. The molecule has 4 nitrogen and oxygen atoms in total. The van der Waals surface area contributed by atoms with Crippen LogP contribution in [-0.2, 0) is 0 Å². The van der Waals surface area contributed by atoms with E-state index in [1.807, 2.05) is 6.92 Å². The van der Waals surface area contributed by atoms with Gasteiger partial charge in [-0.1, -0.05) is 0 Å². The monoisotopic (exact) mass is 221 g/mol. The molecule has 1 aromatic carbocycles. The highest BCUT2D eigenvalue weighted by atomic mass is 16.4. The molecule has 0 radical (unpaired) electrons. The summed E-state index contributed by atoms with van der Waals surface area (Å²) in [5.74, 6) is -1.14. The molecule has 0 aliphatic rings. The average molecular weight is 221 g/mol. The van der Waals surface area contributed by atoms with E-state index >= 15 is 0 Å². The summed E-state index contributed by atoms with van der Waals surface area (Å²) in [6.07, 6.45) is 0. The van der Waals surface area contributed by atoms with Gasteiger partial charge in [0.05, 0.1) is 5.56 Å². The summed E-state index contributed by atoms with van der Waals surface area (Å²) in [6.45, 7) is 5.78. The lowest BCUT2D eigenvalue weighted by Gasteiger charge is -2.09. The van der Waals surface area contributed by atoms with Crippen LogP contribution in [0.1, 0.15) is 38.8 Å². The van der Waals surface area contributed by atoms with E-state index in [0.29, 0.717) is 23.2 Å². The molecule has 0 unspecified atom stereocenters. The van der Waals surface area contributed by atoms with Crippen LogP contribution in [0.15, 0.2) is 12.1 Å². The Morgan fingerprint density at radius 3 is 2.12 bits per heavy atom. The van der Waals surface area contributed by atoms with E-state index in [2.05, 4.69) is 5.32 Å². The Kier molecular flexibility index (Phi) is 3.66. The fraction of sp³-hybridized carbons (Fsp3) is 0.333. The van der Waals surface area contributed by atoms with Crippen LogP contribution < -0.4 is 5.32 Å². The van der Waals surface area contributed by atoms with Crippen molar-refractivity contribution in [2.24, 2.45) is 0 Å². The van der Waals surface area contributed by atoms with Crippen LogP contribution in [-0.4, -0.2) is 23.5 Å². The summed E-state index contributed by atoms with van der Waals surface area (Å²) in [6, 6.07) is 3.20. The minimum atomic E-state index is -0.961. The number of amides is 1. The van der Waals surface area contributed by atoms with Crippen molar-refractivity contribution in [2.45, 2.75) is 20.8 Å². The first-order valence-electron chi connectivity index (χ1n) is 5.10. The van der Waals surface area contributed by atoms with Crippen molar-refractivity contribution in [3.05, 3.63) is 34.4 Å². The summed E-state index contributed by atoms with van der Waals surface area (Å²) < 4.78 is 0. The van der Waals surface area contributed by atoms with Gasteiger partial charge < -0.3 is 10.4 Å². The smallest absolute Gasteiger partial charge is 0.336 e. The lowest BCUT2D eigenvalue weighted by atomic mass is 9.99. The van der Waals surface area contributed by atoms with E-state index in [1.54, 1.807) is 26.0 Å². The number of hydrogen-bond donors (Lipinski definition) is 2. The maximum atomic E-state index is 11.6. The summed E-state index contributed by atoms with van der Waals surface area (Å²) in [5.41, 5.74) is 1.98. The van der Waals surface area contributed by atoms with Gasteiger partial charge in [-0.2, -0.15) is 0 Å². The second kappa shape index (κ2) is 4.79. The first-order valence-corrected chi connectivity index (χ1v) is 5.10. The molecule has 86 valence electrons. The Labute approximate surface area is 94.3 Å². The highest BCUT2D eigenvalue weighted by molar-refractivity contribution is 5.97. The molecule has 0 aliphatic heterocycles. The van der Waals surface area contributed by atoms with Crippen molar-refractivity contribution in [1.82, 2.24) is 5.32 Å². The Morgan fingerprint density at radius 2 is 1.75 bits per heavy atom. The minimum Gasteiger partial charge on any atom is -0.478 e. The zero-order valence-electron chi connectivity index (χ0n) is 9.63. The van der Waals surface area contributed by atoms with E-state index in [0.717, 1.165) is 0 Å². The Hall–Kier alpha value is -1.84. The van der Waals surface area contributed by atoms with Gasteiger partial charge in [-0.3, -0.25) is 4.79 Å². The normalized spacial score (nSPS) is 9.94. The van der Waals surface area contributed by atoms with Crippen LogP contribution in [0.4, 0.5) is 0 Å². The molecule has 0 heterocycles. The van der Waals surface area contributed by atoms with Gasteiger partial charge in [-0.15, -0.1) is 0 Å². The first-order chi connectivity index (χ1) is 7.47. The van der Waals surface area contributed by atoms with Gasteiger partial charge in [0.2, 0.25) is 0 Å². The third kappa shape index (κ3) is 2.39. The van der Waals surface area contributed by atoms with Crippen LogP contribution >= 0.6 is 0 Å². The van der Waals surface area contributed by atoms with Crippen molar-refractivity contribution in [3.8, 4) is 0 Å². The summed E-state index contributed by atoms with van der Waals surface area (Å²) in [5, 5.41) is 11.7. The second-order valence-corrected chi connectivity index (χ2v) is 3.65. The van der Waals surface area contributed by atoms with Crippen molar-refractivity contribution < 1.29 is 14.7 Å². The van der Waals surface area contributed by atoms with Gasteiger partial charge in [-0.05, 0) is 44.0 Å². The number of nitrogens with one attached hydrogen (secondary N) is 1. The van der Waals surface area contributed by atoms with E-state index in [4.69, 9.17) is 5.11 Å². The molecule has 2 N–H and O–H groups in total. The molecule has 4 heteroatoms. The van der Waals surface area contributed by atoms with Gasteiger partial charge in [-0.25, -0.2) is 4.79 Å². The molecule has 1 rings (SSSR count). The molecule has 0 fully saturated rings. The Bertz CT molecular complexity index is 415. The van der Waals surface area contributed by atoms with Crippen LogP contribution in [0.5, 0.6) is 0 Å². The van der Waals surface area contributed by atoms with Crippen LogP contribution in [0.25, 0.3) is 0 Å². The zero-order valence-corrected chi connectivity index (χ0v) is 9.63. The quantitative estimate of drug-likeness (QED) is 0.817. The number of carboxylic acids is 1. The molecule has 0 saturated heterocycles. The fourth-order valence-corrected chi connectivity index (χ4v) is 1.69. The lowest BCUT2D eigenvalue weighted by molar-refractivity contribution is 0.0694. The molecule has 0 atom stereocenters. The third-order valence-corrected chi connectivity index (χ3v) is 2.35. The summed E-state index contributed by atoms with van der Waals surface area (Å²) in [7, 11) is 0.